The molecule has 1 aromatic heterocycles. The fourth-order valence-corrected chi connectivity index (χ4v) is 6.15. The van der Waals surface area contributed by atoms with Gasteiger partial charge in [-0.05, 0) is 46.2 Å². The van der Waals surface area contributed by atoms with Gasteiger partial charge in [-0.3, -0.25) is 0 Å². The molecule has 1 nitrogen and oxygen atoms in total. The Labute approximate surface area is 188 Å². The molecular weight excluding hydrogens is 390 g/mol. The Balaban J connectivity index is 1.86. The Morgan fingerprint density at radius 1 is 0.774 bits per heavy atom. The maximum absolute atomic E-state index is 2.49. The largest absolute Gasteiger partial charge is 0.220 e. The van der Waals surface area contributed by atoms with E-state index in [1.807, 2.05) is 0 Å². The third-order valence-electron chi connectivity index (χ3n) is 7.32. The van der Waals surface area contributed by atoms with Crippen LogP contribution < -0.4 is 9.75 Å². The van der Waals surface area contributed by atoms with Crippen molar-refractivity contribution in [3.05, 3.63) is 84.6 Å². The zero-order valence-corrected chi connectivity index (χ0v) is 21.0. The van der Waals surface area contributed by atoms with Crippen LogP contribution in [0.1, 0.15) is 26.3 Å². The molecule has 0 bridgehead atoms. The van der Waals surface area contributed by atoms with Crippen LogP contribution in [0, 0.1) is 6.92 Å². The van der Waals surface area contributed by atoms with E-state index in [-0.39, 0.29) is 0 Å². The third kappa shape index (κ3) is 3.85. The Hall–Kier alpha value is -2.71. The average molecular weight is 425 g/mol. The van der Waals surface area contributed by atoms with Crippen LogP contribution in [0.3, 0.4) is 0 Å². The molecule has 0 saturated heterocycles. The van der Waals surface area contributed by atoms with Crippen molar-refractivity contribution < 1.29 is 4.57 Å². The van der Waals surface area contributed by atoms with Crippen molar-refractivity contribution in [2.75, 3.05) is 0 Å². The lowest BCUT2D eigenvalue weighted by molar-refractivity contribution is -0.659. The number of nitrogens with zero attached hydrogens (tertiary/aromatic N) is 1. The lowest BCUT2D eigenvalue weighted by Crippen LogP contribution is -2.49. The lowest BCUT2D eigenvalue weighted by Gasteiger charge is -2.37. The maximum atomic E-state index is 2.49. The number of aryl methyl sites for hydroxylation is 2. The van der Waals surface area contributed by atoms with E-state index in [4.69, 9.17) is 0 Å². The number of fused-ring (bicyclic) bond motifs is 1. The smallest absolute Gasteiger partial charge is 0.200 e. The van der Waals surface area contributed by atoms with Crippen LogP contribution in [0.15, 0.2) is 79.0 Å². The number of benzene rings is 3. The fourth-order valence-electron chi connectivity index (χ4n) is 4.27. The maximum Gasteiger partial charge on any atom is 0.220 e. The van der Waals surface area contributed by atoms with Gasteiger partial charge in [0.1, 0.15) is 7.05 Å². The van der Waals surface area contributed by atoms with Gasteiger partial charge in [0.2, 0.25) is 5.69 Å². The Kier molecular flexibility index (Phi) is 5.39. The Bertz CT molecular complexity index is 1250. The molecule has 0 saturated carbocycles. The monoisotopic (exact) mass is 424 g/mol. The highest BCUT2D eigenvalue weighted by atomic mass is 28.3. The quantitative estimate of drug-likeness (QED) is 0.246. The van der Waals surface area contributed by atoms with Crippen LogP contribution in [0.5, 0.6) is 0 Å². The number of aromatic nitrogens is 1. The molecule has 0 fully saturated rings. The molecule has 0 aliphatic carbocycles. The molecule has 0 aliphatic heterocycles. The molecule has 0 amide bonds. The van der Waals surface area contributed by atoms with Gasteiger partial charge in [-0.1, -0.05) is 93.6 Å². The summed E-state index contributed by atoms with van der Waals surface area (Å²) in [7, 11) is 0.583. The third-order valence-corrected chi connectivity index (χ3v) is 12.8. The molecule has 4 rings (SSSR count). The average Bonchev–Trinajstić information content (AvgIpc) is 2.73. The van der Waals surface area contributed by atoms with Gasteiger partial charge < -0.3 is 0 Å². The zero-order chi connectivity index (χ0) is 22.4. The minimum absolute atomic E-state index is 0.326. The van der Waals surface area contributed by atoms with E-state index >= 15 is 0 Å². The van der Waals surface area contributed by atoms with E-state index in [0.29, 0.717) is 5.04 Å². The first-order valence-corrected chi connectivity index (χ1v) is 14.2. The molecular formula is C29H34NSi+. The first-order chi connectivity index (χ1) is 14.6. The summed E-state index contributed by atoms with van der Waals surface area (Å²) in [6.07, 6.45) is 2.21. The highest BCUT2D eigenvalue weighted by Gasteiger charge is 2.37. The summed E-state index contributed by atoms with van der Waals surface area (Å²) in [5.41, 5.74) is 6.42. The van der Waals surface area contributed by atoms with Gasteiger partial charge in [0.15, 0.2) is 6.20 Å². The molecule has 3 aromatic carbocycles. The van der Waals surface area contributed by atoms with Crippen LogP contribution >= 0.6 is 0 Å². The number of pyridine rings is 1. The summed E-state index contributed by atoms with van der Waals surface area (Å²) in [6, 6.07) is 26.9. The molecule has 0 radical (unpaired) electrons. The van der Waals surface area contributed by atoms with Crippen LogP contribution in [0.2, 0.25) is 18.1 Å². The van der Waals surface area contributed by atoms with E-state index in [9.17, 15) is 0 Å². The molecule has 0 aliphatic rings. The molecule has 0 spiro atoms. The number of rotatable bonds is 3. The molecule has 158 valence electrons. The van der Waals surface area contributed by atoms with Gasteiger partial charge in [-0.2, -0.15) is 0 Å². The second-order valence-corrected chi connectivity index (χ2v) is 15.7. The van der Waals surface area contributed by atoms with Crippen molar-refractivity contribution in [3.8, 4) is 22.4 Å². The molecule has 4 aromatic rings. The van der Waals surface area contributed by atoms with E-state index in [1.54, 1.807) is 0 Å². The van der Waals surface area contributed by atoms with Crippen LogP contribution in [0.25, 0.3) is 33.2 Å². The predicted octanol–water partition coefficient (Wildman–Crippen LogP) is 7.02. The van der Waals surface area contributed by atoms with Gasteiger partial charge in [-0.25, -0.2) is 4.57 Å². The number of hydrogen-bond donors (Lipinski definition) is 0. The highest BCUT2D eigenvalue weighted by Crippen LogP contribution is 2.37. The second kappa shape index (κ2) is 7.76. The molecule has 0 N–H and O–H groups in total. The first-order valence-electron chi connectivity index (χ1n) is 11.2. The van der Waals surface area contributed by atoms with Crippen LogP contribution in [-0.4, -0.2) is 8.07 Å². The lowest BCUT2D eigenvalue weighted by atomic mass is 9.95. The van der Waals surface area contributed by atoms with Crippen molar-refractivity contribution >= 4 is 24.0 Å². The van der Waals surface area contributed by atoms with E-state index in [1.165, 1.54) is 43.9 Å². The van der Waals surface area contributed by atoms with Gasteiger partial charge in [0.25, 0.3) is 0 Å². The van der Waals surface area contributed by atoms with Crippen molar-refractivity contribution in [1.29, 1.82) is 0 Å². The second-order valence-electron chi connectivity index (χ2n) is 10.3. The van der Waals surface area contributed by atoms with Crippen LogP contribution in [-0.2, 0) is 7.05 Å². The molecule has 31 heavy (non-hydrogen) atoms. The fraction of sp³-hybridized carbons (Fsp3) is 0.276. The Morgan fingerprint density at radius 2 is 1.48 bits per heavy atom. The predicted molar refractivity (Wildman–Crippen MR) is 138 cm³/mol. The normalized spacial score (nSPS) is 12.4. The summed E-state index contributed by atoms with van der Waals surface area (Å²) >= 11 is 0. The SMILES string of the molecule is Cc1cc(-c2ccccc2)ccc1-c1c2ccc([Si](C)(C)C(C)(C)C)cc2cc[n+]1C. The summed E-state index contributed by atoms with van der Waals surface area (Å²) in [6.45, 7) is 14.4. The summed E-state index contributed by atoms with van der Waals surface area (Å²) < 4.78 is 2.26. The number of hydrogen-bond acceptors (Lipinski definition) is 0. The Morgan fingerprint density at radius 3 is 2.13 bits per heavy atom. The van der Waals surface area contributed by atoms with E-state index in [0.717, 1.165) is 0 Å². The molecule has 1 heterocycles. The van der Waals surface area contributed by atoms with Gasteiger partial charge in [0.05, 0.1) is 13.5 Å². The first kappa shape index (κ1) is 21.5. The highest BCUT2D eigenvalue weighted by molar-refractivity contribution is 6.92. The van der Waals surface area contributed by atoms with Crippen molar-refractivity contribution in [2.45, 2.75) is 45.8 Å². The standard InChI is InChI=1S/C29H34NSi/c1-21-19-23(22-11-9-8-10-12-22)13-15-26(21)28-27-16-14-25(31(6,7)29(2,3)4)20-24(27)17-18-30(28)5/h8-20H,1-7H3/q+1. The minimum atomic E-state index is -1.57. The van der Waals surface area contributed by atoms with Crippen molar-refractivity contribution in [2.24, 2.45) is 7.05 Å². The van der Waals surface area contributed by atoms with Gasteiger partial charge >= 0.3 is 0 Å². The molecule has 2 heteroatoms. The van der Waals surface area contributed by atoms with Gasteiger partial charge in [0, 0.05) is 11.6 Å². The van der Waals surface area contributed by atoms with Gasteiger partial charge in [-0.15, -0.1) is 0 Å². The zero-order valence-electron chi connectivity index (χ0n) is 20.0. The van der Waals surface area contributed by atoms with Crippen molar-refractivity contribution in [3.63, 3.8) is 0 Å². The molecule has 0 unspecified atom stereocenters. The van der Waals surface area contributed by atoms with Crippen LogP contribution in [0.4, 0.5) is 0 Å². The minimum Gasteiger partial charge on any atom is -0.200 e. The summed E-state index contributed by atoms with van der Waals surface area (Å²) in [5, 5.41) is 4.51. The van der Waals surface area contributed by atoms with E-state index < -0.39 is 8.07 Å². The summed E-state index contributed by atoms with van der Waals surface area (Å²) in [5.74, 6) is 0. The van der Waals surface area contributed by atoms with E-state index in [2.05, 4.69) is 131 Å². The van der Waals surface area contributed by atoms with Crippen molar-refractivity contribution in [1.82, 2.24) is 0 Å². The molecule has 0 atom stereocenters. The topological polar surface area (TPSA) is 3.88 Å². The summed E-state index contributed by atoms with van der Waals surface area (Å²) in [4.78, 5) is 0.